The largest absolute Gasteiger partial charge is 0.457 e. The molecule has 1 unspecified atom stereocenters. The first kappa shape index (κ1) is 35.9. The lowest BCUT2D eigenvalue weighted by atomic mass is 9.73. The first-order valence-electron chi connectivity index (χ1n) is 15.6. The van der Waals surface area contributed by atoms with Gasteiger partial charge in [-0.1, -0.05) is 27.7 Å². The van der Waals surface area contributed by atoms with Gasteiger partial charge in [0.25, 0.3) is 5.95 Å². The Bertz CT molecular complexity index is 1020. The lowest BCUT2D eigenvalue weighted by molar-refractivity contribution is -0.277. The van der Waals surface area contributed by atoms with E-state index in [-0.39, 0.29) is 49.3 Å². The molecule has 11 heteroatoms. The van der Waals surface area contributed by atoms with Crippen LogP contribution in [-0.2, 0) is 38.0 Å². The van der Waals surface area contributed by atoms with E-state index in [4.69, 9.17) is 28.4 Å². The van der Waals surface area contributed by atoms with E-state index in [1.54, 1.807) is 27.9 Å². The molecule has 0 aliphatic carbocycles. The van der Waals surface area contributed by atoms with Gasteiger partial charge in [-0.05, 0) is 54.6 Å². The minimum absolute atomic E-state index is 0.00753. The van der Waals surface area contributed by atoms with E-state index in [0.29, 0.717) is 18.4 Å². The van der Waals surface area contributed by atoms with Crippen LogP contribution in [0.2, 0.25) is 0 Å². The molecule has 2 fully saturated rings. The van der Waals surface area contributed by atoms with Crippen molar-refractivity contribution < 1.29 is 48.2 Å². The Kier molecular flexibility index (Phi) is 11.9. The third-order valence-corrected chi connectivity index (χ3v) is 10.1. The number of methoxy groups -OCH3 is 1. The van der Waals surface area contributed by atoms with Crippen molar-refractivity contribution in [3.63, 3.8) is 0 Å². The number of Topliss-reactive ketones (excluding diaryl/α,β-unsaturated/α-hetero) is 2. The normalized spacial score (nSPS) is 44.8. The molecule has 0 aromatic carbocycles. The summed E-state index contributed by atoms with van der Waals surface area (Å²) in [5.41, 5.74) is -1.86. The summed E-state index contributed by atoms with van der Waals surface area (Å²) in [6.07, 6.45) is -2.86. The van der Waals surface area contributed by atoms with Gasteiger partial charge in [-0.2, -0.15) is 0 Å². The van der Waals surface area contributed by atoms with Gasteiger partial charge in [-0.25, -0.2) is 0 Å². The van der Waals surface area contributed by atoms with Gasteiger partial charge >= 0.3 is 0 Å². The Hall–Kier alpha value is -1.60. The Morgan fingerprint density at radius 3 is 2.30 bits per heavy atom. The molecule has 0 radical (unpaired) electrons. The van der Waals surface area contributed by atoms with Crippen molar-refractivity contribution in [3.05, 3.63) is 11.5 Å². The molecule has 3 rings (SSSR count). The third-order valence-electron chi connectivity index (χ3n) is 10.1. The predicted molar refractivity (Wildman–Crippen MR) is 159 cm³/mol. The molecule has 12 atom stereocenters. The smallest absolute Gasteiger partial charge is 0.287 e. The van der Waals surface area contributed by atoms with Crippen LogP contribution in [0.15, 0.2) is 11.5 Å². The van der Waals surface area contributed by atoms with Gasteiger partial charge in [0.05, 0.1) is 36.6 Å². The van der Waals surface area contributed by atoms with Crippen LogP contribution in [-0.4, -0.2) is 115 Å². The number of ether oxygens (including phenoxy) is 6. The van der Waals surface area contributed by atoms with E-state index in [9.17, 15) is 19.8 Å². The van der Waals surface area contributed by atoms with Crippen molar-refractivity contribution in [3.8, 4) is 0 Å². The maximum Gasteiger partial charge on any atom is 0.287 e. The lowest BCUT2D eigenvalue weighted by Gasteiger charge is -2.44. The molecule has 248 valence electrons. The SMILES string of the molecule is CC[C@H]1O/C2=C(\C)C(=O)[C@H](C)[C@@H](OC3O[C@H](C)C[C@H](N(C)C)[C@H]3O)C[C@@](C)(OC)[C@@H](C)C(=O)[C@H](C)[C@@H](OCCO)[C@@]1(C)O2. The molecule has 0 spiro atoms. The molecule has 0 aromatic heterocycles. The van der Waals surface area contributed by atoms with Gasteiger partial charge in [-0.15, -0.1) is 0 Å². The van der Waals surface area contributed by atoms with Gasteiger partial charge in [0.15, 0.2) is 17.7 Å². The topological polar surface area (TPSA) is 133 Å². The summed E-state index contributed by atoms with van der Waals surface area (Å²) < 4.78 is 37.4. The molecule has 3 aliphatic rings. The number of carbonyl (C=O) groups excluding carboxylic acids is 2. The van der Waals surface area contributed by atoms with Gasteiger partial charge in [-0.3, -0.25) is 9.59 Å². The predicted octanol–water partition coefficient (Wildman–Crippen LogP) is 2.85. The Morgan fingerprint density at radius 1 is 1.09 bits per heavy atom. The van der Waals surface area contributed by atoms with Crippen molar-refractivity contribution >= 4 is 11.6 Å². The zero-order valence-corrected chi connectivity index (χ0v) is 27.9. The van der Waals surface area contributed by atoms with Crippen molar-refractivity contribution in [1.29, 1.82) is 0 Å². The van der Waals surface area contributed by atoms with Gasteiger partial charge in [0.1, 0.15) is 24.1 Å². The molecule has 0 amide bonds. The van der Waals surface area contributed by atoms with Crippen LogP contribution in [0.1, 0.15) is 74.7 Å². The summed E-state index contributed by atoms with van der Waals surface area (Å²) >= 11 is 0. The van der Waals surface area contributed by atoms with Crippen LogP contribution in [0.3, 0.4) is 0 Å². The van der Waals surface area contributed by atoms with Crippen molar-refractivity contribution in [2.24, 2.45) is 17.8 Å². The molecule has 43 heavy (non-hydrogen) atoms. The summed E-state index contributed by atoms with van der Waals surface area (Å²) in [5, 5.41) is 20.8. The van der Waals surface area contributed by atoms with Crippen molar-refractivity contribution in [2.75, 3.05) is 34.4 Å². The molecule has 0 aromatic rings. The number of allylic oxidation sites excluding steroid dienone is 1. The Balaban J connectivity index is 2.13. The molecular formula is C32H55NO10. The number of hydrogen-bond donors (Lipinski definition) is 2. The average molecular weight is 614 g/mol. The number of carbonyl (C=O) groups is 2. The second-order valence-corrected chi connectivity index (χ2v) is 13.3. The molecule has 2 bridgehead atoms. The molecular weight excluding hydrogens is 558 g/mol. The highest BCUT2D eigenvalue weighted by Crippen LogP contribution is 2.44. The maximum absolute atomic E-state index is 14.2. The van der Waals surface area contributed by atoms with Crippen LogP contribution >= 0.6 is 0 Å². The number of ketones is 2. The maximum atomic E-state index is 14.2. The molecule has 0 saturated carbocycles. The van der Waals surface area contributed by atoms with Crippen LogP contribution in [0.5, 0.6) is 0 Å². The number of likely N-dealkylation sites (N-methyl/N-ethyl adjacent to an activating group) is 1. The van der Waals surface area contributed by atoms with Crippen LogP contribution in [0.4, 0.5) is 0 Å². The second kappa shape index (κ2) is 14.2. The minimum Gasteiger partial charge on any atom is -0.457 e. The van der Waals surface area contributed by atoms with E-state index in [1.807, 2.05) is 53.6 Å². The van der Waals surface area contributed by atoms with Gasteiger partial charge < -0.3 is 43.5 Å². The van der Waals surface area contributed by atoms with E-state index in [1.165, 1.54) is 0 Å². The minimum atomic E-state index is -1.11. The number of aliphatic hydroxyl groups is 2. The zero-order valence-electron chi connectivity index (χ0n) is 27.9. The van der Waals surface area contributed by atoms with E-state index in [0.717, 1.165) is 0 Å². The second-order valence-electron chi connectivity index (χ2n) is 13.3. The summed E-state index contributed by atoms with van der Waals surface area (Å²) in [7, 11) is 5.35. The van der Waals surface area contributed by atoms with Crippen molar-refractivity contribution in [1.82, 2.24) is 4.90 Å². The molecule has 2 N–H and O–H groups in total. The van der Waals surface area contributed by atoms with Gasteiger partial charge in [0.2, 0.25) is 0 Å². The van der Waals surface area contributed by atoms with Crippen LogP contribution in [0, 0.1) is 17.8 Å². The van der Waals surface area contributed by atoms with Crippen LogP contribution in [0.25, 0.3) is 0 Å². The van der Waals surface area contributed by atoms with E-state index in [2.05, 4.69) is 0 Å². The highest BCUT2D eigenvalue weighted by Gasteiger charge is 2.57. The molecule has 11 nitrogen and oxygen atoms in total. The standard InChI is InChI=1S/C32H55NO10/c1-12-24-32(8)28(39-14-13-34)19(4)26(36)21(6)31(7,38-11)16-23(18(3)25(35)20(5)29(42-24)43-32)41-30-27(37)22(33(9)10)15-17(2)40-30/h17-19,21-24,27-28,30,34,37H,12-16H2,1-11H3/b29-20-/t17-,18-,19+,21+,22+,23+,24-,27-,28-,30?,31-,32+/m1/s1. The average Bonchev–Trinajstić information content (AvgIpc) is 3.32. The number of rotatable bonds is 8. The summed E-state index contributed by atoms with van der Waals surface area (Å²) in [6.45, 7) is 14.4. The van der Waals surface area contributed by atoms with E-state index < -0.39 is 59.7 Å². The fourth-order valence-electron chi connectivity index (χ4n) is 6.88. The highest BCUT2D eigenvalue weighted by atomic mass is 16.7. The number of aliphatic hydroxyl groups excluding tert-OH is 2. The zero-order chi connectivity index (χ0) is 32.4. The molecule has 3 aliphatic heterocycles. The first-order chi connectivity index (χ1) is 20.1. The van der Waals surface area contributed by atoms with Crippen molar-refractivity contribution in [2.45, 2.75) is 129 Å². The molecule has 3 heterocycles. The number of hydrogen-bond acceptors (Lipinski definition) is 11. The lowest BCUT2D eigenvalue weighted by Crippen LogP contribution is -2.57. The monoisotopic (exact) mass is 613 g/mol. The fourth-order valence-corrected chi connectivity index (χ4v) is 6.88. The Morgan fingerprint density at radius 2 is 1.74 bits per heavy atom. The quantitative estimate of drug-likeness (QED) is 0.419. The highest BCUT2D eigenvalue weighted by molar-refractivity contribution is 5.97. The summed E-state index contributed by atoms with van der Waals surface area (Å²) in [4.78, 5) is 30.2. The van der Waals surface area contributed by atoms with Gasteiger partial charge in [0, 0.05) is 37.3 Å². The van der Waals surface area contributed by atoms with Crippen LogP contribution < -0.4 is 0 Å². The third kappa shape index (κ3) is 7.13. The first-order valence-corrected chi connectivity index (χ1v) is 15.6. The summed E-state index contributed by atoms with van der Waals surface area (Å²) in [5.74, 6) is -2.32. The Labute approximate surface area is 257 Å². The number of nitrogens with zero attached hydrogens (tertiary/aromatic N) is 1. The fraction of sp³-hybridized carbons (Fsp3) is 0.875. The number of fused-ring (bicyclic) bond motifs is 2. The summed E-state index contributed by atoms with van der Waals surface area (Å²) in [6, 6.07) is -0.201. The molecule has 2 saturated heterocycles. The van der Waals surface area contributed by atoms with E-state index >= 15 is 0 Å².